The van der Waals surface area contributed by atoms with Crippen LogP contribution in [0.25, 0.3) is 11.3 Å². The highest BCUT2D eigenvalue weighted by Gasteiger charge is 2.04. The summed E-state index contributed by atoms with van der Waals surface area (Å²) in [5, 5.41) is 3.11. The first-order valence-electron chi connectivity index (χ1n) is 6.64. The minimum atomic E-state index is 0.200. The second kappa shape index (κ2) is 6.38. The zero-order chi connectivity index (χ0) is 13.7. The van der Waals surface area contributed by atoms with Crippen LogP contribution in [0, 0.1) is 0 Å². The highest BCUT2D eigenvalue weighted by Crippen LogP contribution is 2.21. The summed E-state index contributed by atoms with van der Waals surface area (Å²) in [6.07, 6.45) is 2.99. The molecule has 2 N–H and O–H groups in total. The van der Waals surface area contributed by atoms with Crippen LogP contribution in [0.1, 0.15) is 19.7 Å². The van der Waals surface area contributed by atoms with Crippen molar-refractivity contribution < 1.29 is 4.74 Å². The second-order valence-electron chi connectivity index (χ2n) is 4.79. The van der Waals surface area contributed by atoms with Gasteiger partial charge in [0.2, 0.25) is 0 Å². The number of nitrogens with zero attached hydrogens (tertiary/aromatic N) is 1. The molecule has 4 heteroatoms. The van der Waals surface area contributed by atoms with Crippen LogP contribution in [-0.2, 0) is 6.42 Å². The summed E-state index contributed by atoms with van der Waals surface area (Å²) < 4.78 is 5.63. The molecule has 0 aliphatic heterocycles. The molecule has 0 fully saturated rings. The Morgan fingerprint density at radius 2 is 2.00 bits per heavy atom. The molecule has 0 radical (unpaired) electrons. The summed E-state index contributed by atoms with van der Waals surface area (Å²) in [4.78, 5) is 7.71. The van der Waals surface area contributed by atoms with Crippen molar-refractivity contribution in [1.29, 1.82) is 0 Å². The van der Waals surface area contributed by atoms with Crippen LogP contribution in [0.2, 0.25) is 0 Å². The Balaban J connectivity index is 2.07. The number of likely N-dealkylation sites (N-methyl/N-ethyl adjacent to an activating group) is 1. The third-order valence-corrected chi connectivity index (χ3v) is 2.78. The van der Waals surface area contributed by atoms with Gasteiger partial charge in [0.05, 0.1) is 18.0 Å². The summed E-state index contributed by atoms with van der Waals surface area (Å²) in [7, 11) is 1.94. The van der Waals surface area contributed by atoms with E-state index in [9.17, 15) is 0 Å². The van der Waals surface area contributed by atoms with Crippen LogP contribution in [0.5, 0.6) is 5.75 Å². The van der Waals surface area contributed by atoms with Gasteiger partial charge in [-0.25, -0.2) is 4.98 Å². The molecule has 0 bridgehead atoms. The Morgan fingerprint density at radius 3 is 2.63 bits per heavy atom. The van der Waals surface area contributed by atoms with Crippen LogP contribution < -0.4 is 10.1 Å². The molecule has 2 rings (SSSR count). The van der Waals surface area contributed by atoms with Crippen molar-refractivity contribution in [3.63, 3.8) is 0 Å². The van der Waals surface area contributed by atoms with Crippen LogP contribution >= 0.6 is 0 Å². The van der Waals surface area contributed by atoms with Gasteiger partial charge in [-0.3, -0.25) is 0 Å². The third-order valence-electron chi connectivity index (χ3n) is 2.78. The number of benzene rings is 1. The minimum Gasteiger partial charge on any atom is -0.491 e. The molecule has 0 spiro atoms. The Morgan fingerprint density at radius 1 is 1.26 bits per heavy atom. The van der Waals surface area contributed by atoms with Crippen LogP contribution in [0.3, 0.4) is 0 Å². The zero-order valence-electron chi connectivity index (χ0n) is 11.7. The first-order valence-corrected chi connectivity index (χ1v) is 6.64. The maximum Gasteiger partial charge on any atom is 0.119 e. The fraction of sp³-hybridized carbons (Fsp3) is 0.400. The van der Waals surface area contributed by atoms with Gasteiger partial charge in [-0.05, 0) is 50.7 Å². The van der Waals surface area contributed by atoms with Crippen molar-refractivity contribution in [1.82, 2.24) is 15.3 Å². The van der Waals surface area contributed by atoms with E-state index in [0.717, 1.165) is 35.8 Å². The molecule has 0 atom stereocenters. The number of nitrogens with one attached hydrogen (secondary N) is 2. The average Bonchev–Trinajstić information content (AvgIpc) is 2.85. The molecule has 1 aromatic heterocycles. The lowest BCUT2D eigenvalue weighted by Crippen LogP contribution is -2.10. The number of aromatic amines is 1. The molecule has 1 aromatic carbocycles. The van der Waals surface area contributed by atoms with Gasteiger partial charge in [-0.15, -0.1) is 0 Å². The van der Waals surface area contributed by atoms with Crippen molar-refractivity contribution in [2.45, 2.75) is 26.4 Å². The summed E-state index contributed by atoms with van der Waals surface area (Å²) in [5.41, 5.74) is 2.17. The number of imidazole rings is 1. The number of hydrogen-bond donors (Lipinski definition) is 2. The highest BCUT2D eigenvalue weighted by molar-refractivity contribution is 5.59. The number of aromatic nitrogens is 2. The molecule has 0 unspecified atom stereocenters. The molecule has 0 aliphatic rings. The fourth-order valence-electron chi connectivity index (χ4n) is 1.86. The van der Waals surface area contributed by atoms with E-state index in [-0.39, 0.29) is 6.10 Å². The molecular weight excluding hydrogens is 238 g/mol. The Kier molecular flexibility index (Phi) is 4.58. The van der Waals surface area contributed by atoms with E-state index in [1.54, 1.807) is 0 Å². The van der Waals surface area contributed by atoms with E-state index < -0.39 is 0 Å². The second-order valence-corrected chi connectivity index (χ2v) is 4.79. The summed E-state index contributed by atoms with van der Waals surface area (Å²) in [5.74, 6) is 1.90. The highest BCUT2D eigenvalue weighted by atomic mass is 16.5. The van der Waals surface area contributed by atoms with Crippen molar-refractivity contribution in [2.24, 2.45) is 0 Å². The molecule has 0 amide bonds. The first kappa shape index (κ1) is 13.6. The van der Waals surface area contributed by atoms with Gasteiger partial charge in [0.15, 0.2) is 0 Å². The minimum absolute atomic E-state index is 0.200. The topological polar surface area (TPSA) is 49.9 Å². The van der Waals surface area contributed by atoms with Crippen molar-refractivity contribution in [2.75, 3.05) is 13.6 Å². The van der Waals surface area contributed by atoms with Gasteiger partial charge in [-0.1, -0.05) is 0 Å². The lowest BCUT2D eigenvalue weighted by molar-refractivity contribution is 0.242. The quantitative estimate of drug-likeness (QED) is 0.838. The zero-order valence-corrected chi connectivity index (χ0v) is 11.7. The van der Waals surface area contributed by atoms with Crippen molar-refractivity contribution in [3.8, 4) is 17.0 Å². The van der Waals surface area contributed by atoms with Crippen molar-refractivity contribution >= 4 is 0 Å². The van der Waals surface area contributed by atoms with Gasteiger partial charge in [0, 0.05) is 13.0 Å². The van der Waals surface area contributed by atoms with Crippen LogP contribution in [-0.4, -0.2) is 29.7 Å². The van der Waals surface area contributed by atoms with Crippen LogP contribution in [0.15, 0.2) is 30.5 Å². The molecule has 102 valence electrons. The van der Waals surface area contributed by atoms with Crippen molar-refractivity contribution in [3.05, 3.63) is 36.3 Å². The standard InChI is InChI=1S/C15H21N3O/c1-11(2)19-13-6-4-12(5-7-13)14-10-17-15(18-14)8-9-16-3/h4-7,10-11,16H,8-9H2,1-3H3,(H,17,18). The molecule has 2 aromatic rings. The van der Waals surface area contributed by atoms with Gasteiger partial charge >= 0.3 is 0 Å². The smallest absolute Gasteiger partial charge is 0.119 e. The van der Waals surface area contributed by atoms with E-state index in [1.807, 2.05) is 51.4 Å². The SMILES string of the molecule is CNCCc1ncc(-c2ccc(OC(C)C)cc2)[nH]1. The Labute approximate surface area is 114 Å². The molecular formula is C15H21N3O. The van der Waals surface area contributed by atoms with Gasteiger partial charge < -0.3 is 15.0 Å². The molecule has 0 saturated carbocycles. The fourth-order valence-corrected chi connectivity index (χ4v) is 1.86. The largest absolute Gasteiger partial charge is 0.491 e. The van der Waals surface area contributed by atoms with E-state index in [2.05, 4.69) is 15.3 Å². The monoisotopic (exact) mass is 259 g/mol. The van der Waals surface area contributed by atoms with Gasteiger partial charge in [0.1, 0.15) is 11.6 Å². The molecule has 1 heterocycles. The summed E-state index contributed by atoms with van der Waals surface area (Å²) in [6.45, 7) is 4.97. The number of H-pyrrole nitrogens is 1. The van der Waals surface area contributed by atoms with Crippen LogP contribution in [0.4, 0.5) is 0 Å². The first-order chi connectivity index (χ1) is 9.19. The summed E-state index contributed by atoms with van der Waals surface area (Å²) >= 11 is 0. The lowest BCUT2D eigenvalue weighted by Gasteiger charge is -2.09. The maximum absolute atomic E-state index is 5.63. The molecule has 0 aliphatic carbocycles. The molecule has 19 heavy (non-hydrogen) atoms. The van der Waals surface area contributed by atoms with E-state index in [0.29, 0.717) is 0 Å². The van der Waals surface area contributed by atoms with E-state index in [1.165, 1.54) is 0 Å². The van der Waals surface area contributed by atoms with Gasteiger partial charge in [0.25, 0.3) is 0 Å². The summed E-state index contributed by atoms with van der Waals surface area (Å²) in [6, 6.07) is 8.08. The maximum atomic E-state index is 5.63. The normalized spacial score (nSPS) is 10.9. The van der Waals surface area contributed by atoms with Gasteiger partial charge in [-0.2, -0.15) is 0 Å². The Bertz CT molecular complexity index is 502. The number of ether oxygens (including phenoxy) is 1. The number of hydrogen-bond acceptors (Lipinski definition) is 3. The average molecular weight is 259 g/mol. The Hall–Kier alpha value is -1.81. The lowest BCUT2D eigenvalue weighted by atomic mass is 10.1. The number of rotatable bonds is 6. The van der Waals surface area contributed by atoms with E-state index in [4.69, 9.17) is 4.74 Å². The predicted octanol–water partition coefficient (Wildman–Crippen LogP) is 2.63. The predicted molar refractivity (Wildman–Crippen MR) is 77.4 cm³/mol. The molecule has 4 nitrogen and oxygen atoms in total. The molecule has 0 saturated heterocycles. The van der Waals surface area contributed by atoms with E-state index >= 15 is 0 Å². The third kappa shape index (κ3) is 3.83.